The third kappa shape index (κ3) is 9.35. The third-order valence-electron chi connectivity index (χ3n) is 5.96. The van der Waals surface area contributed by atoms with Crippen LogP contribution in [0.2, 0.25) is 0 Å². The van der Waals surface area contributed by atoms with Gasteiger partial charge in [0.2, 0.25) is 5.78 Å². The van der Waals surface area contributed by atoms with Crippen LogP contribution in [0.25, 0.3) is 0 Å². The minimum absolute atomic E-state index is 0.0853. The van der Waals surface area contributed by atoms with E-state index in [-0.39, 0.29) is 37.6 Å². The van der Waals surface area contributed by atoms with E-state index in [1.165, 1.54) is 0 Å². The Morgan fingerprint density at radius 3 is 1.70 bits per heavy atom. The summed E-state index contributed by atoms with van der Waals surface area (Å²) in [5.41, 5.74) is 0. The van der Waals surface area contributed by atoms with Crippen molar-refractivity contribution in [3.05, 3.63) is 0 Å². The SMILES string of the molecule is N#CC(=O)CN1CCN(CC(=O)O)CCN(CC(=O)O)CCN(C2CCC(=O)CC2=O)CC1. The number of carbonyl (C=O) groups is 5. The van der Waals surface area contributed by atoms with Gasteiger partial charge in [-0.25, -0.2) is 0 Å². The molecule has 12 heteroatoms. The number of ketones is 3. The van der Waals surface area contributed by atoms with E-state index < -0.39 is 23.8 Å². The lowest BCUT2D eigenvalue weighted by Crippen LogP contribution is -2.52. The molecule has 0 radical (unpaired) electrons. The van der Waals surface area contributed by atoms with Crippen molar-refractivity contribution in [3.8, 4) is 6.07 Å². The monoisotopic (exact) mass is 465 g/mol. The van der Waals surface area contributed by atoms with E-state index in [0.29, 0.717) is 65.2 Å². The highest BCUT2D eigenvalue weighted by Gasteiger charge is 2.32. The predicted molar refractivity (Wildman–Crippen MR) is 114 cm³/mol. The van der Waals surface area contributed by atoms with Crippen molar-refractivity contribution in [2.24, 2.45) is 0 Å². The molecule has 2 rings (SSSR count). The molecule has 0 bridgehead atoms. The molecule has 0 aromatic carbocycles. The highest BCUT2D eigenvalue weighted by molar-refractivity contribution is 6.03. The highest BCUT2D eigenvalue weighted by atomic mass is 16.4. The van der Waals surface area contributed by atoms with Crippen LogP contribution in [0.3, 0.4) is 0 Å². The van der Waals surface area contributed by atoms with Gasteiger partial charge in [0.1, 0.15) is 11.9 Å². The number of hydrogen-bond donors (Lipinski definition) is 2. The zero-order valence-corrected chi connectivity index (χ0v) is 18.6. The van der Waals surface area contributed by atoms with Crippen molar-refractivity contribution >= 4 is 29.3 Å². The van der Waals surface area contributed by atoms with Crippen molar-refractivity contribution in [2.75, 3.05) is 72.0 Å². The first-order chi connectivity index (χ1) is 15.7. The molecule has 1 aliphatic heterocycles. The zero-order chi connectivity index (χ0) is 24.4. The summed E-state index contributed by atoms with van der Waals surface area (Å²) in [5, 5.41) is 27.4. The molecule has 2 N–H and O–H groups in total. The van der Waals surface area contributed by atoms with Gasteiger partial charge in [-0.3, -0.25) is 43.6 Å². The first-order valence-electron chi connectivity index (χ1n) is 11.0. The molecule has 1 saturated heterocycles. The average molecular weight is 466 g/mol. The van der Waals surface area contributed by atoms with E-state index in [1.807, 2.05) is 4.90 Å². The van der Waals surface area contributed by atoms with Gasteiger partial charge in [0, 0.05) is 58.8 Å². The number of aliphatic carboxylic acids is 2. The molecule has 0 amide bonds. The zero-order valence-electron chi connectivity index (χ0n) is 18.6. The van der Waals surface area contributed by atoms with E-state index in [0.717, 1.165) is 0 Å². The molecule has 182 valence electrons. The van der Waals surface area contributed by atoms with Gasteiger partial charge in [-0.1, -0.05) is 0 Å². The first kappa shape index (κ1) is 26.5. The lowest BCUT2D eigenvalue weighted by molar-refractivity contribution is -0.140. The van der Waals surface area contributed by atoms with E-state index in [9.17, 15) is 34.2 Å². The standard InChI is InChI=1S/C21H31N5O7/c22-12-17(28)13-23-3-4-24(14-20(30)31)5-6-25(15-21(32)33)8-10-26(9-7-23)18-2-1-16(27)11-19(18)29/h18H,1-11,13-15H2,(H,30,31)(H,32,33). The Labute approximate surface area is 192 Å². The summed E-state index contributed by atoms with van der Waals surface area (Å²) in [5.74, 6) is -2.86. The van der Waals surface area contributed by atoms with E-state index >= 15 is 0 Å². The molecule has 1 saturated carbocycles. The largest absolute Gasteiger partial charge is 0.480 e. The Bertz CT molecular complexity index is 796. The van der Waals surface area contributed by atoms with Crippen LogP contribution in [0.15, 0.2) is 0 Å². The molecule has 2 aliphatic rings. The molecule has 12 nitrogen and oxygen atoms in total. The topological polar surface area (TPSA) is 163 Å². The molecule has 1 aliphatic carbocycles. The smallest absolute Gasteiger partial charge is 0.317 e. The van der Waals surface area contributed by atoms with Gasteiger partial charge in [-0.05, 0) is 6.42 Å². The van der Waals surface area contributed by atoms with Crippen LogP contribution in [0, 0.1) is 11.3 Å². The van der Waals surface area contributed by atoms with Crippen molar-refractivity contribution < 1.29 is 34.2 Å². The maximum Gasteiger partial charge on any atom is 0.317 e. The van der Waals surface area contributed by atoms with Crippen molar-refractivity contribution in [2.45, 2.75) is 25.3 Å². The summed E-state index contributed by atoms with van der Waals surface area (Å²) in [4.78, 5) is 65.6. The maximum absolute atomic E-state index is 12.5. The quantitative estimate of drug-likeness (QED) is 0.320. The van der Waals surface area contributed by atoms with Crippen LogP contribution in [0.1, 0.15) is 19.3 Å². The minimum atomic E-state index is -1.01. The fourth-order valence-electron chi connectivity index (χ4n) is 4.21. The Kier molecular flexibility index (Phi) is 10.5. The van der Waals surface area contributed by atoms with Gasteiger partial charge >= 0.3 is 11.9 Å². The predicted octanol–water partition coefficient (Wildman–Crippen LogP) is -1.84. The highest BCUT2D eigenvalue weighted by Crippen LogP contribution is 2.18. The molecule has 1 unspecified atom stereocenters. The van der Waals surface area contributed by atoms with Gasteiger partial charge in [0.05, 0.1) is 32.1 Å². The fraction of sp³-hybridized carbons (Fsp3) is 0.714. The average Bonchev–Trinajstić information content (AvgIpc) is 2.73. The second kappa shape index (κ2) is 13.1. The summed E-state index contributed by atoms with van der Waals surface area (Å²) in [6.45, 7) is 2.25. The summed E-state index contributed by atoms with van der Waals surface area (Å²) in [6.07, 6.45) is 0.605. The third-order valence-corrected chi connectivity index (χ3v) is 5.96. The Balaban J connectivity index is 2.21. The number of carbonyl (C=O) groups excluding carboxylic acids is 3. The molecule has 2 fully saturated rings. The van der Waals surface area contributed by atoms with Crippen molar-refractivity contribution in [1.82, 2.24) is 19.6 Å². The number of Topliss-reactive ketones (excluding diaryl/α,β-unsaturated/α-hetero) is 3. The number of nitrogens with zero attached hydrogens (tertiary/aromatic N) is 5. The summed E-state index contributed by atoms with van der Waals surface area (Å²) in [6, 6.07) is 1.15. The van der Waals surface area contributed by atoms with Crippen LogP contribution in [0.5, 0.6) is 0 Å². The van der Waals surface area contributed by atoms with Crippen molar-refractivity contribution in [3.63, 3.8) is 0 Å². The molecule has 0 spiro atoms. The van der Waals surface area contributed by atoms with E-state index in [2.05, 4.69) is 0 Å². The van der Waals surface area contributed by atoms with Gasteiger partial charge in [-0.2, -0.15) is 5.26 Å². The van der Waals surface area contributed by atoms with Gasteiger partial charge in [0.25, 0.3) is 0 Å². The Morgan fingerprint density at radius 2 is 1.27 bits per heavy atom. The second-order valence-electron chi connectivity index (χ2n) is 8.42. The van der Waals surface area contributed by atoms with Crippen LogP contribution < -0.4 is 0 Å². The fourth-order valence-corrected chi connectivity index (χ4v) is 4.21. The Hall–Kier alpha value is -2.72. The van der Waals surface area contributed by atoms with Crippen molar-refractivity contribution in [1.29, 1.82) is 5.26 Å². The first-order valence-corrected chi connectivity index (χ1v) is 11.0. The summed E-state index contributed by atoms with van der Waals surface area (Å²) in [7, 11) is 0. The summed E-state index contributed by atoms with van der Waals surface area (Å²) < 4.78 is 0. The number of hydrogen-bond acceptors (Lipinski definition) is 10. The lowest BCUT2D eigenvalue weighted by Gasteiger charge is -2.37. The molecule has 0 aromatic rings. The molecular formula is C21H31N5O7. The number of carboxylic acids is 2. The Morgan fingerprint density at radius 1 is 0.818 bits per heavy atom. The summed E-state index contributed by atoms with van der Waals surface area (Å²) >= 11 is 0. The van der Waals surface area contributed by atoms with Crippen LogP contribution >= 0.6 is 0 Å². The molecule has 0 aromatic heterocycles. The second-order valence-corrected chi connectivity index (χ2v) is 8.42. The number of rotatable bonds is 7. The van der Waals surface area contributed by atoms with Gasteiger partial charge < -0.3 is 10.2 Å². The number of nitriles is 1. The normalized spacial score (nSPS) is 23.3. The van der Waals surface area contributed by atoms with E-state index in [4.69, 9.17) is 5.26 Å². The van der Waals surface area contributed by atoms with Crippen LogP contribution in [-0.2, 0) is 24.0 Å². The van der Waals surface area contributed by atoms with Gasteiger partial charge in [-0.15, -0.1) is 0 Å². The molecular weight excluding hydrogens is 434 g/mol. The molecule has 33 heavy (non-hydrogen) atoms. The molecule has 1 atom stereocenters. The lowest BCUT2D eigenvalue weighted by atomic mass is 9.91. The van der Waals surface area contributed by atoms with E-state index in [1.54, 1.807) is 20.8 Å². The van der Waals surface area contributed by atoms with Gasteiger partial charge in [0.15, 0.2) is 5.78 Å². The molecule has 1 heterocycles. The maximum atomic E-state index is 12.5. The minimum Gasteiger partial charge on any atom is -0.480 e. The van der Waals surface area contributed by atoms with Crippen LogP contribution in [-0.4, -0.2) is 137 Å². The van der Waals surface area contributed by atoms with Crippen LogP contribution in [0.4, 0.5) is 0 Å². The number of carboxylic acid groups (broad SMARTS) is 2.